The smallest absolute Gasteiger partial charge is 0.171 e. The third-order valence-corrected chi connectivity index (χ3v) is 3.16. The maximum absolute atomic E-state index is 10.9. The monoisotopic (exact) mass is 231 g/mol. The number of rotatable bonds is 3. The summed E-state index contributed by atoms with van der Waals surface area (Å²) in [6.07, 6.45) is 4.63. The predicted octanol–water partition coefficient (Wildman–Crippen LogP) is 1.12. The third-order valence-electron chi connectivity index (χ3n) is 3.16. The van der Waals surface area contributed by atoms with Gasteiger partial charge in [0.1, 0.15) is 5.82 Å². The van der Waals surface area contributed by atoms with Gasteiger partial charge >= 0.3 is 0 Å². The highest BCUT2D eigenvalue weighted by molar-refractivity contribution is 5.83. The molecule has 1 unspecified atom stereocenters. The highest BCUT2D eigenvalue weighted by atomic mass is 16.5. The lowest BCUT2D eigenvalue weighted by molar-refractivity contribution is 0.112. The molecule has 5 heteroatoms. The van der Waals surface area contributed by atoms with E-state index in [1.54, 1.807) is 6.07 Å². The molecule has 0 aliphatic carbocycles. The standard InChI is InChI=1S/C12H13N3O2/c16-7-10-2-1-4-15-11(13-14-12(10)15)6-9-3-5-17-8-9/h1-2,4,7,9H,3,5-6,8H2. The van der Waals surface area contributed by atoms with Gasteiger partial charge in [-0.25, -0.2) is 0 Å². The molecule has 17 heavy (non-hydrogen) atoms. The van der Waals surface area contributed by atoms with Crippen LogP contribution in [-0.4, -0.2) is 34.1 Å². The number of carbonyl (C=O) groups is 1. The Hall–Kier alpha value is -1.75. The number of carbonyl (C=O) groups excluding carboxylic acids is 1. The molecule has 88 valence electrons. The van der Waals surface area contributed by atoms with Crippen molar-refractivity contribution in [2.24, 2.45) is 5.92 Å². The van der Waals surface area contributed by atoms with Crippen LogP contribution in [0, 0.1) is 5.92 Å². The average Bonchev–Trinajstić information content (AvgIpc) is 2.99. The largest absolute Gasteiger partial charge is 0.381 e. The quantitative estimate of drug-likeness (QED) is 0.743. The van der Waals surface area contributed by atoms with E-state index in [0.29, 0.717) is 17.1 Å². The first-order valence-corrected chi connectivity index (χ1v) is 5.74. The fourth-order valence-corrected chi connectivity index (χ4v) is 2.22. The molecule has 0 aromatic carbocycles. The molecule has 5 nitrogen and oxygen atoms in total. The number of nitrogens with zero attached hydrogens (tertiary/aromatic N) is 3. The van der Waals surface area contributed by atoms with E-state index >= 15 is 0 Å². The second-order valence-corrected chi connectivity index (χ2v) is 4.32. The van der Waals surface area contributed by atoms with Gasteiger partial charge in [-0.1, -0.05) is 0 Å². The summed E-state index contributed by atoms with van der Waals surface area (Å²) in [5, 5.41) is 8.24. The Bertz CT molecular complexity index is 544. The first kappa shape index (κ1) is 10.4. The second-order valence-electron chi connectivity index (χ2n) is 4.32. The molecule has 1 fully saturated rings. The zero-order valence-corrected chi connectivity index (χ0v) is 9.37. The molecular formula is C12H13N3O2. The van der Waals surface area contributed by atoms with E-state index in [1.807, 2.05) is 16.7 Å². The SMILES string of the molecule is O=Cc1cccn2c(CC3CCOC3)nnc12. The van der Waals surface area contributed by atoms with Crippen molar-refractivity contribution in [1.29, 1.82) is 0 Å². The van der Waals surface area contributed by atoms with Gasteiger partial charge in [0.15, 0.2) is 11.9 Å². The fraction of sp³-hybridized carbons (Fsp3) is 0.417. The van der Waals surface area contributed by atoms with Crippen molar-refractivity contribution in [1.82, 2.24) is 14.6 Å². The lowest BCUT2D eigenvalue weighted by atomic mass is 10.1. The van der Waals surface area contributed by atoms with E-state index in [9.17, 15) is 4.79 Å². The normalized spacial score (nSPS) is 19.9. The summed E-state index contributed by atoms with van der Waals surface area (Å²) in [7, 11) is 0. The van der Waals surface area contributed by atoms with Crippen LogP contribution < -0.4 is 0 Å². The van der Waals surface area contributed by atoms with Crippen molar-refractivity contribution in [3.63, 3.8) is 0 Å². The van der Waals surface area contributed by atoms with Gasteiger partial charge in [-0.05, 0) is 24.5 Å². The maximum atomic E-state index is 10.9. The Morgan fingerprint density at radius 3 is 3.24 bits per heavy atom. The maximum Gasteiger partial charge on any atom is 0.171 e. The highest BCUT2D eigenvalue weighted by Gasteiger charge is 2.19. The molecule has 3 heterocycles. The van der Waals surface area contributed by atoms with Gasteiger partial charge in [0.05, 0.1) is 5.56 Å². The summed E-state index contributed by atoms with van der Waals surface area (Å²) in [5.41, 5.74) is 1.21. The van der Waals surface area contributed by atoms with Gasteiger partial charge in [-0.3, -0.25) is 9.20 Å². The molecule has 0 bridgehead atoms. The Labute approximate surface area is 98.4 Å². The van der Waals surface area contributed by atoms with Crippen LogP contribution in [0.2, 0.25) is 0 Å². The van der Waals surface area contributed by atoms with Gasteiger partial charge in [0, 0.05) is 25.8 Å². The Kier molecular flexibility index (Phi) is 2.60. The molecular weight excluding hydrogens is 218 g/mol. The van der Waals surface area contributed by atoms with Crippen molar-refractivity contribution >= 4 is 11.9 Å². The number of aldehydes is 1. The topological polar surface area (TPSA) is 56.5 Å². The summed E-state index contributed by atoms with van der Waals surface area (Å²) < 4.78 is 7.24. The molecule has 1 atom stereocenters. The number of ether oxygens (including phenoxy) is 1. The Morgan fingerprint density at radius 2 is 2.47 bits per heavy atom. The Balaban J connectivity index is 1.97. The van der Waals surface area contributed by atoms with Crippen molar-refractivity contribution in [3.05, 3.63) is 29.7 Å². The molecule has 0 saturated carbocycles. The molecule has 1 aliphatic heterocycles. The van der Waals surface area contributed by atoms with Crippen LogP contribution in [0.3, 0.4) is 0 Å². The van der Waals surface area contributed by atoms with Crippen molar-refractivity contribution in [2.45, 2.75) is 12.8 Å². The minimum Gasteiger partial charge on any atom is -0.381 e. The zero-order valence-electron chi connectivity index (χ0n) is 9.37. The van der Waals surface area contributed by atoms with Crippen molar-refractivity contribution < 1.29 is 9.53 Å². The van der Waals surface area contributed by atoms with E-state index in [1.165, 1.54) is 0 Å². The molecule has 2 aromatic heterocycles. The van der Waals surface area contributed by atoms with Gasteiger partial charge in [0.25, 0.3) is 0 Å². The van der Waals surface area contributed by atoms with Crippen LogP contribution in [0.25, 0.3) is 5.65 Å². The second kappa shape index (κ2) is 4.25. The molecule has 3 rings (SSSR count). The number of hydrogen-bond acceptors (Lipinski definition) is 4. The molecule has 0 amide bonds. The summed E-state index contributed by atoms with van der Waals surface area (Å²) in [5.74, 6) is 1.42. The number of fused-ring (bicyclic) bond motifs is 1. The summed E-state index contributed by atoms with van der Waals surface area (Å²) in [6.45, 7) is 1.63. The summed E-state index contributed by atoms with van der Waals surface area (Å²) in [4.78, 5) is 10.9. The van der Waals surface area contributed by atoms with Gasteiger partial charge in [0.2, 0.25) is 0 Å². The van der Waals surface area contributed by atoms with E-state index in [-0.39, 0.29) is 0 Å². The van der Waals surface area contributed by atoms with Crippen LogP contribution in [0.4, 0.5) is 0 Å². The predicted molar refractivity (Wildman–Crippen MR) is 61.0 cm³/mol. The highest BCUT2D eigenvalue weighted by Crippen LogP contribution is 2.18. The average molecular weight is 231 g/mol. The van der Waals surface area contributed by atoms with Crippen LogP contribution in [0.15, 0.2) is 18.3 Å². The molecule has 0 radical (unpaired) electrons. The first-order valence-electron chi connectivity index (χ1n) is 5.74. The Morgan fingerprint density at radius 1 is 1.53 bits per heavy atom. The molecule has 0 N–H and O–H groups in total. The van der Waals surface area contributed by atoms with Crippen LogP contribution in [0.1, 0.15) is 22.6 Å². The van der Waals surface area contributed by atoms with E-state index < -0.39 is 0 Å². The lowest BCUT2D eigenvalue weighted by Crippen LogP contribution is -2.07. The molecule has 2 aromatic rings. The van der Waals surface area contributed by atoms with Crippen LogP contribution in [0.5, 0.6) is 0 Å². The van der Waals surface area contributed by atoms with E-state index in [0.717, 1.165) is 38.2 Å². The minimum atomic E-state index is 0.516. The van der Waals surface area contributed by atoms with E-state index in [4.69, 9.17) is 4.74 Å². The van der Waals surface area contributed by atoms with Crippen LogP contribution >= 0.6 is 0 Å². The fourth-order valence-electron chi connectivity index (χ4n) is 2.22. The minimum absolute atomic E-state index is 0.516. The zero-order chi connectivity index (χ0) is 11.7. The van der Waals surface area contributed by atoms with Crippen molar-refractivity contribution in [3.8, 4) is 0 Å². The number of aromatic nitrogens is 3. The van der Waals surface area contributed by atoms with Crippen molar-refractivity contribution in [2.75, 3.05) is 13.2 Å². The molecule has 0 spiro atoms. The first-order chi connectivity index (χ1) is 8.38. The van der Waals surface area contributed by atoms with Gasteiger partial charge in [-0.2, -0.15) is 0 Å². The number of hydrogen-bond donors (Lipinski definition) is 0. The summed E-state index contributed by atoms with van der Waals surface area (Å²) >= 11 is 0. The molecule has 1 aliphatic rings. The number of pyridine rings is 1. The molecule has 1 saturated heterocycles. The van der Waals surface area contributed by atoms with E-state index in [2.05, 4.69) is 10.2 Å². The van der Waals surface area contributed by atoms with Gasteiger partial charge in [-0.15, -0.1) is 10.2 Å². The third kappa shape index (κ3) is 1.82. The lowest BCUT2D eigenvalue weighted by Gasteiger charge is -2.05. The summed E-state index contributed by atoms with van der Waals surface area (Å²) in [6, 6.07) is 3.59. The van der Waals surface area contributed by atoms with Gasteiger partial charge < -0.3 is 4.74 Å². The van der Waals surface area contributed by atoms with Crippen LogP contribution in [-0.2, 0) is 11.2 Å².